The Morgan fingerprint density at radius 3 is 2.73 bits per heavy atom. The van der Waals surface area contributed by atoms with E-state index >= 15 is 0 Å². The van der Waals surface area contributed by atoms with Crippen LogP contribution in [0.2, 0.25) is 0 Å². The van der Waals surface area contributed by atoms with Gasteiger partial charge in [0.25, 0.3) is 5.56 Å². The third-order valence-electron chi connectivity index (χ3n) is 2.28. The lowest BCUT2D eigenvalue weighted by atomic mass is 10.2. The molecule has 0 saturated carbocycles. The number of hydrogen-bond acceptors (Lipinski definition) is 3. The first-order chi connectivity index (χ1) is 7.11. The second kappa shape index (κ2) is 4.75. The average molecular weight is 211 g/mol. The summed E-state index contributed by atoms with van der Waals surface area (Å²) in [6, 6.07) is 2.38. The van der Waals surface area contributed by atoms with Gasteiger partial charge < -0.3 is 14.8 Å². The van der Waals surface area contributed by atoms with Crippen LogP contribution in [0.25, 0.3) is 0 Å². The molecule has 1 unspecified atom stereocenters. The van der Waals surface area contributed by atoms with Crippen LogP contribution in [0.5, 0.6) is 0 Å². The Morgan fingerprint density at radius 1 is 1.60 bits per heavy atom. The number of aromatic nitrogens is 1. The van der Waals surface area contributed by atoms with E-state index in [1.165, 1.54) is 22.9 Å². The molecule has 82 valence electrons. The van der Waals surface area contributed by atoms with Gasteiger partial charge in [0.2, 0.25) is 0 Å². The molecule has 1 aromatic rings. The maximum atomic E-state index is 11.6. The van der Waals surface area contributed by atoms with Crippen LogP contribution in [0.3, 0.4) is 0 Å². The molecule has 1 rings (SSSR count). The summed E-state index contributed by atoms with van der Waals surface area (Å²) in [6.45, 7) is 1.64. The Morgan fingerprint density at radius 2 is 2.27 bits per heavy atom. The molecule has 1 heterocycles. The Bertz CT molecular complexity index is 406. The van der Waals surface area contributed by atoms with E-state index in [9.17, 15) is 9.59 Å². The first-order valence-electron chi connectivity index (χ1n) is 4.67. The van der Waals surface area contributed by atoms with Crippen molar-refractivity contribution in [2.24, 2.45) is 0 Å². The van der Waals surface area contributed by atoms with Gasteiger partial charge in [-0.3, -0.25) is 4.79 Å². The first kappa shape index (κ1) is 11.5. The number of aliphatic hydroxyl groups excluding tert-OH is 1. The molecule has 0 aliphatic heterocycles. The number of carboxylic acids is 1. The van der Waals surface area contributed by atoms with Crippen molar-refractivity contribution in [2.45, 2.75) is 19.4 Å². The summed E-state index contributed by atoms with van der Waals surface area (Å²) in [6.07, 6.45) is 2.05. The van der Waals surface area contributed by atoms with Gasteiger partial charge in [-0.25, -0.2) is 4.79 Å². The largest absolute Gasteiger partial charge is 0.477 e. The predicted molar refractivity (Wildman–Crippen MR) is 54.1 cm³/mol. The summed E-state index contributed by atoms with van der Waals surface area (Å²) in [4.78, 5) is 22.3. The van der Waals surface area contributed by atoms with Gasteiger partial charge in [0.1, 0.15) is 5.56 Å². The topological polar surface area (TPSA) is 79.5 Å². The maximum Gasteiger partial charge on any atom is 0.341 e. The highest BCUT2D eigenvalue weighted by molar-refractivity contribution is 5.86. The van der Waals surface area contributed by atoms with Crippen LogP contribution in [0, 0.1) is 0 Å². The first-order valence-corrected chi connectivity index (χ1v) is 4.67. The summed E-state index contributed by atoms with van der Waals surface area (Å²) in [5.74, 6) is -1.25. The third kappa shape index (κ3) is 2.24. The van der Waals surface area contributed by atoms with E-state index in [0.29, 0.717) is 6.42 Å². The monoisotopic (exact) mass is 211 g/mol. The van der Waals surface area contributed by atoms with E-state index < -0.39 is 11.5 Å². The van der Waals surface area contributed by atoms with Crippen LogP contribution in [-0.4, -0.2) is 27.4 Å². The molecule has 2 N–H and O–H groups in total. The summed E-state index contributed by atoms with van der Waals surface area (Å²) in [5.41, 5.74) is -0.852. The van der Waals surface area contributed by atoms with Crippen molar-refractivity contribution in [3.8, 4) is 0 Å². The molecular formula is C10H13NO4. The molecule has 1 atom stereocenters. The van der Waals surface area contributed by atoms with Crippen molar-refractivity contribution in [2.75, 3.05) is 6.61 Å². The zero-order chi connectivity index (χ0) is 11.4. The van der Waals surface area contributed by atoms with E-state index in [1.54, 1.807) is 0 Å². The van der Waals surface area contributed by atoms with Gasteiger partial charge in [0.15, 0.2) is 0 Å². The molecular weight excluding hydrogens is 198 g/mol. The van der Waals surface area contributed by atoms with Gasteiger partial charge in [-0.2, -0.15) is 0 Å². The lowest BCUT2D eigenvalue weighted by Crippen LogP contribution is -2.30. The molecule has 0 radical (unpaired) electrons. The fourth-order valence-corrected chi connectivity index (χ4v) is 1.37. The summed E-state index contributed by atoms with van der Waals surface area (Å²) in [7, 11) is 0. The van der Waals surface area contributed by atoms with Gasteiger partial charge in [-0.15, -0.1) is 0 Å². The Kier molecular flexibility index (Phi) is 3.62. The van der Waals surface area contributed by atoms with E-state index in [-0.39, 0.29) is 18.2 Å². The Labute approximate surface area is 86.6 Å². The number of aromatic carboxylic acids is 1. The van der Waals surface area contributed by atoms with E-state index in [4.69, 9.17) is 10.2 Å². The average Bonchev–Trinajstić information content (AvgIpc) is 2.21. The number of pyridine rings is 1. The molecule has 5 heteroatoms. The molecule has 5 nitrogen and oxygen atoms in total. The minimum Gasteiger partial charge on any atom is -0.477 e. The summed E-state index contributed by atoms with van der Waals surface area (Å²) < 4.78 is 1.25. The second-order valence-corrected chi connectivity index (χ2v) is 3.18. The van der Waals surface area contributed by atoms with Crippen LogP contribution < -0.4 is 5.56 Å². The zero-order valence-electron chi connectivity index (χ0n) is 8.38. The van der Waals surface area contributed by atoms with Gasteiger partial charge in [0.05, 0.1) is 12.6 Å². The minimum absolute atomic E-state index is 0.181. The van der Waals surface area contributed by atoms with Gasteiger partial charge in [-0.1, -0.05) is 6.92 Å². The van der Waals surface area contributed by atoms with Gasteiger partial charge in [0, 0.05) is 6.20 Å². The number of rotatable bonds is 4. The smallest absolute Gasteiger partial charge is 0.341 e. The number of hydrogen-bond donors (Lipinski definition) is 2. The lowest BCUT2D eigenvalue weighted by Gasteiger charge is -2.15. The Balaban J connectivity index is 3.26. The second-order valence-electron chi connectivity index (χ2n) is 3.18. The Hall–Kier alpha value is -1.62. The number of aliphatic hydroxyl groups is 1. The summed E-state index contributed by atoms with van der Waals surface area (Å²) in [5, 5.41) is 17.8. The number of carboxylic acid groups (broad SMARTS) is 1. The fourth-order valence-electron chi connectivity index (χ4n) is 1.37. The number of carbonyl (C=O) groups is 1. The van der Waals surface area contributed by atoms with Crippen LogP contribution in [0.15, 0.2) is 23.1 Å². The molecule has 0 saturated heterocycles. The molecule has 15 heavy (non-hydrogen) atoms. The third-order valence-corrected chi connectivity index (χ3v) is 2.28. The van der Waals surface area contributed by atoms with Crippen molar-refractivity contribution in [1.82, 2.24) is 4.57 Å². The molecule has 0 aromatic carbocycles. The predicted octanol–water partition coefficient (Wildman–Crippen LogP) is 0.490. The highest BCUT2D eigenvalue weighted by atomic mass is 16.4. The molecule has 0 bridgehead atoms. The van der Waals surface area contributed by atoms with Crippen LogP contribution in [-0.2, 0) is 0 Å². The van der Waals surface area contributed by atoms with Crippen LogP contribution in [0.4, 0.5) is 0 Å². The van der Waals surface area contributed by atoms with E-state index in [0.717, 1.165) is 0 Å². The van der Waals surface area contributed by atoms with Gasteiger partial charge in [-0.05, 0) is 18.6 Å². The SMILES string of the molecule is CCC(CO)n1cccc(C(=O)O)c1=O. The minimum atomic E-state index is -1.25. The van der Waals surface area contributed by atoms with Crippen molar-refractivity contribution in [3.05, 3.63) is 34.2 Å². The quantitative estimate of drug-likeness (QED) is 0.759. The molecule has 0 fully saturated rings. The normalized spacial score (nSPS) is 12.4. The molecule has 1 aromatic heterocycles. The number of nitrogens with zero attached hydrogens (tertiary/aromatic N) is 1. The standard InChI is InChI=1S/C10H13NO4/c1-2-7(6-12)11-5-3-4-8(9(11)13)10(14)15/h3-5,7,12H,2,6H2,1H3,(H,14,15). The van der Waals surface area contributed by atoms with Crippen molar-refractivity contribution < 1.29 is 15.0 Å². The molecule has 0 spiro atoms. The summed E-state index contributed by atoms with van der Waals surface area (Å²) >= 11 is 0. The fraction of sp³-hybridized carbons (Fsp3) is 0.400. The molecule has 0 aliphatic carbocycles. The molecule has 0 amide bonds. The highest BCUT2D eigenvalue weighted by Gasteiger charge is 2.14. The highest BCUT2D eigenvalue weighted by Crippen LogP contribution is 2.07. The zero-order valence-corrected chi connectivity index (χ0v) is 8.38. The van der Waals surface area contributed by atoms with Crippen molar-refractivity contribution in [1.29, 1.82) is 0 Å². The molecule has 0 aliphatic rings. The van der Waals surface area contributed by atoms with E-state index in [1.807, 2.05) is 6.92 Å². The maximum absolute atomic E-state index is 11.6. The van der Waals surface area contributed by atoms with Crippen LogP contribution in [0.1, 0.15) is 29.7 Å². The van der Waals surface area contributed by atoms with E-state index in [2.05, 4.69) is 0 Å². The van der Waals surface area contributed by atoms with Crippen molar-refractivity contribution in [3.63, 3.8) is 0 Å². The van der Waals surface area contributed by atoms with Gasteiger partial charge >= 0.3 is 5.97 Å². The van der Waals surface area contributed by atoms with Crippen molar-refractivity contribution >= 4 is 5.97 Å². The van der Waals surface area contributed by atoms with Crippen LogP contribution >= 0.6 is 0 Å². The lowest BCUT2D eigenvalue weighted by molar-refractivity contribution is 0.0693.